The highest BCUT2D eigenvalue weighted by Gasteiger charge is 2.23. The van der Waals surface area contributed by atoms with Gasteiger partial charge in [0.2, 0.25) is 10.0 Å². The predicted molar refractivity (Wildman–Crippen MR) is 245 cm³/mol. The first-order chi connectivity index (χ1) is 29.9. The number of nitrogens with two attached hydrogens (primary N) is 1. The molecule has 0 spiro atoms. The zero-order valence-corrected chi connectivity index (χ0v) is 36.8. The largest absolute Gasteiger partial charge is 0.496 e. The molecule has 1 heterocycles. The number of fused-ring (bicyclic) bond motifs is 1. The van der Waals surface area contributed by atoms with Crippen LogP contribution < -0.4 is 35.3 Å². The average Bonchev–Trinajstić information content (AvgIpc) is 3.23. The van der Waals surface area contributed by atoms with Gasteiger partial charge in [-0.05, 0) is 83.0 Å². The van der Waals surface area contributed by atoms with Gasteiger partial charge in [0, 0.05) is 41.6 Å². The number of pyridine rings is 1. The molecule has 63 heavy (non-hydrogen) atoms. The number of nitrogens with one attached hydrogen (secondary N) is 3. The summed E-state index contributed by atoms with van der Waals surface area (Å²) >= 11 is 0. The minimum atomic E-state index is -3.65. The van der Waals surface area contributed by atoms with Crippen LogP contribution >= 0.6 is 0 Å². The lowest BCUT2D eigenvalue weighted by Gasteiger charge is -2.24. The van der Waals surface area contributed by atoms with Crippen molar-refractivity contribution in [3.05, 3.63) is 143 Å². The molecule has 328 valence electrons. The Morgan fingerprint density at radius 2 is 1.44 bits per heavy atom. The highest BCUT2D eigenvalue weighted by molar-refractivity contribution is 7.92. The second-order valence-electron chi connectivity index (χ2n) is 16.1. The lowest BCUT2D eigenvalue weighted by atomic mass is 9.86. The number of sulfonamides is 1. The van der Waals surface area contributed by atoms with Crippen LogP contribution in [0.1, 0.15) is 65.5 Å². The number of hydrogen-bond acceptors (Lipinski definition) is 10. The third kappa shape index (κ3) is 11.9. The van der Waals surface area contributed by atoms with Crippen LogP contribution in [0.15, 0.2) is 109 Å². The monoisotopic (exact) mass is 873 g/mol. The summed E-state index contributed by atoms with van der Waals surface area (Å²) in [6.45, 7) is 5.93. The van der Waals surface area contributed by atoms with E-state index in [9.17, 15) is 22.8 Å². The van der Waals surface area contributed by atoms with Crippen LogP contribution in [0.5, 0.6) is 23.0 Å². The summed E-state index contributed by atoms with van der Waals surface area (Å²) in [5.41, 5.74) is 10.9. The maximum absolute atomic E-state index is 13.5. The van der Waals surface area contributed by atoms with Crippen LogP contribution in [0.4, 0.5) is 21.9 Å². The Balaban J connectivity index is 1.13. The number of anilines is 3. The Hall–Kier alpha value is -6.97. The number of aromatic nitrogens is 1. The van der Waals surface area contributed by atoms with Crippen molar-refractivity contribution in [1.82, 2.24) is 4.98 Å². The number of hydrogen-bond donors (Lipinski definition) is 5. The Bertz CT molecular complexity index is 2770. The smallest absolute Gasteiger partial charge is 0.323 e. The third-order valence-corrected chi connectivity index (χ3v) is 10.8. The number of methoxy groups -OCH3 is 2. The number of carbonyl (C=O) groups excluding carboxylic acids is 2. The number of rotatable bonds is 17. The quantitative estimate of drug-likeness (QED) is 0.0548. The molecule has 0 saturated heterocycles. The highest BCUT2D eigenvalue weighted by Crippen LogP contribution is 2.40. The van der Waals surface area contributed by atoms with Crippen molar-refractivity contribution in [1.29, 1.82) is 0 Å². The van der Waals surface area contributed by atoms with Crippen molar-refractivity contribution in [2.75, 3.05) is 35.8 Å². The van der Waals surface area contributed by atoms with E-state index in [1.807, 2.05) is 87.5 Å². The van der Waals surface area contributed by atoms with E-state index in [4.69, 9.17) is 25.1 Å². The van der Waals surface area contributed by atoms with Gasteiger partial charge in [0.25, 0.3) is 0 Å². The maximum Gasteiger partial charge on any atom is 0.323 e. The summed E-state index contributed by atoms with van der Waals surface area (Å²) in [7, 11) is -0.725. The minimum Gasteiger partial charge on any atom is -0.496 e. The van der Waals surface area contributed by atoms with Crippen molar-refractivity contribution in [3.63, 3.8) is 0 Å². The summed E-state index contributed by atoms with van der Waals surface area (Å²) in [6, 6.07) is 29.4. The molecule has 1 atom stereocenters. The van der Waals surface area contributed by atoms with Crippen LogP contribution in [-0.2, 0) is 39.5 Å². The van der Waals surface area contributed by atoms with Gasteiger partial charge < -0.3 is 35.7 Å². The molecule has 0 aliphatic rings. The van der Waals surface area contributed by atoms with Crippen molar-refractivity contribution < 1.29 is 42.1 Å². The first-order valence-electron chi connectivity index (χ1n) is 20.1. The number of urea groups is 1. The third-order valence-electron chi connectivity index (χ3n) is 10.2. The van der Waals surface area contributed by atoms with E-state index < -0.39 is 28.1 Å². The van der Waals surface area contributed by atoms with Crippen molar-refractivity contribution in [2.45, 2.75) is 57.9 Å². The number of nitrogens with zero attached hydrogens (tertiary/aromatic N) is 1. The van der Waals surface area contributed by atoms with Crippen molar-refractivity contribution in [2.24, 2.45) is 5.73 Å². The number of ether oxygens (including phenoxy) is 3. The Kier molecular flexibility index (Phi) is 14.0. The SMILES string of the molecule is COc1cc(Cc2cc(Oc3ccc(NC(=O)Nc4cc(C(C)(C)C)cc(NS(C)(=O)=O)c4OC)c4ccccc34)ccn2)ccc1C(=O)CCc1ccc(C[C@@H](N)C(=O)O)cc1. The van der Waals surface area contributed by atoms with E-state index in [-0.39, 0.29) is 41.2 Å². The van der Waals surface area contributed by atoms with Crippen molar-refractivity contribution in [3.8, 4) is 23.0 Å². The van der Waals surface area contributed by atoms with E-state index >= 15 is 0 Å². The Labute approximate surface area is 366 Å². The van der Waals surface area contributed by atoms with E-state index in [2.05, 4.69) is 20.3 Å². The molecule has 0 aliphatic heterocycles. The number of ketones is 1. The Morgan fingerprint density at radius 3 is 2.11 bits per heavy atom. The molecule has 0 aliphatic carbocycles. The van der Waals surface area contributed by atoms with Gasteiger partial charge in [0.1, 0.15) is 23.3 Å². The normalized spacial score (nSPS) is 12.0. The van der Waals surface area contributed by atoms with Crippen LogP contribution in [0.2, 0.25) is 0 Å². The van der Waals surface area contributed by atoms with Gasteiger partial charge in [0.05, 0.1) is 43.1 Å². The molecule has 0 bridgehead atoms. The molecule has 0 saturated carbocycles. The van der Waals surface area contributed by atoms with Crippen LogP contribution in [0.25, 0.3) is 10.8 Å². The highest BCUT2D eigenvalue weighted by atomic mass is 32.2. The first-order valence-corrected chi connectivity index (χ1v) is 22.0. The first kappa shape index (κ1) is 45.6. The van der Waals surface area contributed by atoms with E-state index in [0.29, 0.717) is 46.7 Å². The molecule has 1 aromatic heterocycles. The topological polar surface area (TPSA) is 208 Å². The van der Waals surface area contributed by atoms with Gasteiger partial charge in [-0.3, -0.25) is 19.3 Å². The van der Waals surface area contributed by atoms with Crippen LogP contribution in [0, 0.1) is 0 Å². The van der Waals surface area contributed by atoms with Crippen molar-refractivity contribution >= 4 is 55.6 Å². The summed E-state index contributed by atoms with van der Waals surface area (Å²) in [5, 5.41) is 16.3. The number of benzene rings is 5. The number of aryl methyl sites for hydroxylation is 1. The standard InChI is InChI=1S/C48H51N5O9S/c1-48(2,3)32-26-40(45(61-5)41(27-32)53-63(6,58)59)52-47(57)51-39-18-20-43(36-10-8-7-9-35(36)39)62-34-21-22-50-33(28-34)23-31-15-17-37(44(25-31)60-4)42(54)19-16-29-11-13-30(14-12-29)24-38(49)46(55)56/h7-15,17-18,20-22,25-28,38,53H,16,19,23-24,49H2,1-6H3,(H,55,56)(H2,51,52,57)/t38-/m1/s1. The van der Waals surface area contributed by atoms with Gasteiger partial charge >= 0.3 is 12.0 Å². The molecular weight excluding hydrogens is 823 g/mol. The maximum atomic E-state index is 13.5. The molecule has 6 N–H and O–H groups in total. The number of carbonyl (C=O) groups is 3. The Morgan fingerprint density at radius 1 is 0.778 bits per heavy atom. The van der Waals surface area contributed by atoms with E-state index in [0.717, 1.165) is 39.6 Å². The zero-order chi connectivity index (χ0) is 45.5. The van der Waals surface area contributed by atoms with Gasteiger partial charge in [0.15, 0.2) is 11.5 Å². The number of Topliss-reactive ketones (excluding diaryl/α,β-unsaturated/α-hetero) is 1. The van der Waals surface area contributed by atoms with Gasteiger partial charge in [-0.25, -0.2) is 13.2 Å². The molecule has 6 rings (SSSR count). The van der Waals surface area contributed by atoms with Crippen LogP contribution in [0.3, 0.4) is 0 Å². The second-order valence-corrected chi connectivity index (χ2v) is 17.9. The lowest BCUT2D eigenvalue weighted by Crippen LogP contribution is -2.32. The molecule has 15 heteroatoms. The molecule has 14 nitrogen and oxygen atoms in total. The summed E-state index contributed by atoms with van der Waals surface area (Å²) in [5.74, 6) is 0.598. The predicted octanol–water partition coefficient (Wildman–Crippen LogP) is 8.72. The fourth-order valence-corrected chi connectivity index (χ4v) is 7.55. The molecule has 0 fully saturated rings. The minimum absolute atomic E-state index is 0.0674. The molecule has 2 amide bonds. The number of amides is 2. The zero-order valence-electron chi connectivity index (χ0n) is 35.9. The summed E-state index contributed by atoms with van der Waals surface area (Å²) < 4.78 is 44.5. The molecular formula is C48H51N5O9S. The van der Waals surface area contributed by atoms with E-state index in [1.54, 1.807) is 42.6 Å². The van der Waals surface area contributed by atoms with Gasteiger partial charge in [-0.1, -0.05) is 75.4 Å². The molecule has 0 radical (unpaired) electrons. The van der Waals surface area contributed by atoms with E-state index in [1.165, 1.54) is 14.2 Å². The average molecular weight is 874 g/mol. The lowest BCUT2D eigenvalue weighted by molar-refractivity contribution is -0.138. The number of carboxylic acid groups (broad SMARTS) is 1. The summed E-state index contributed by atoms with van der Waals surface area (Å²) in [6.07, 6.45) is 4.14. The molecule has 5 aromatic carbocycles. The molecule has 6 aromatic rings. The fourth-order valence-electron chi connectivity index (χ4n) is 7.00. The van der Waals surface area contributed by atoms with Gasteiger partial charge in [-0.15, -0.1) is 0 Å². The fraction of sp³-hybridized carbons (Fsp3) is 0.250. The summed E-state index contributed by atoms with van der Waals surface area (Å²) in [4.78, 5) is 42.5. The number of aliphatic carboxylic acids is 1. The molecule has 0 unspecified atom stereocenters. The van der Waals surface area contributed by atoms with Gasteiger partial charge in [-0.2, -0.15) is 0 Å². The van der Waals surface area contributed by atoms with Crippen LogP contribution in [-0.4, -0.2) is 62.8 Å². The second kappa shape index (κ2) is 19.4. The number of carboxylic acids is 1.